The SMILES string of the molecule is CC(C)C(=O)NC1[C@H]2CN(C(=O)c3ccno3)C[C@@H]12. The summed E-state index contributed by atoms with van der Waals surface area (Å²) in [5.41, 5.74) is 0. The molecule has 2 heterocycles. The topological polar surface area (TPSA) is 75.4 Å². The number of piperidine rings is 1. The lowest BCUT2D eigenvalue weighted by Gasteiger charge is -2.19. The maximum atomic E-state index is 12.0. The van der Waals surface area contributed by atoms with Gasteiger partial charge in [0, 0.05) is 43.0 Å². The molecule has 3 rings (SSSR count). The predicted molar refractivity (Wildman–Crippen MR) is 66.2 cm³/mol. The maximum Gasteiger partial charge on any atom is 0.292 e. The fourth-order valence-electron chi connectivity index (χ4n) is 2.72. The number of nitrogens with zero attached hydrogens (tertiary/aromatic N) is 2. The molecule has 6 heteroatoms. The van der Waals surface area contributed by atoms with Crippen molar-refractivity contribution < 1.29 is 14.1 Å². The van der Waals surface area contributed by atoms with E-state index in [4.69, 9.17) is 4.52 Å². The Hall–Kier alpha value is -1.85. The van der Waals surface area contributed by atoms with Crippen molar-refractivity contribution in [2.75, 3.05) is 13.1 Å². The Balaban J connectivity index is 1.53. The molecule has 102 valence electrons. The van der Waals surface area contributed by atoms with Crippen molar-refractivity contribution in [3.63, 3.8) is 0 Å². The van der Waals surface area contributed by atoms with E-state index in [1.807, 2.05) is 13.8 Å². The lowest BCUT2D eigenvalue weighted by atomic mass is 10.2. The Morgan fingerprint density at radius 1 is 1.42 bits per heavy atom. The second-order valence-corrected chi connectivity index (χ2v) is 5.60. The second kappa shape index (κ2) is 4.36. The zero-order valence-electron chi connectivity index (χ0n) is 11.0. The van der Waals surface area contributed by atoms with Gasteiger partial charge in [0.15, 0.2) is 0 Å². The van der Waals surface area contributed by atoms with Gasteiger partial charge in [-0.05, 0) is 0 Å². The molecule has 0 radical (unpaired) electrons. The van der Waals surface area contributed by atoms with Crippen molar-refractivity contribution in [1.29, 1.82) is 0 Å². The number of fused-ring (bicyclic) bond motifs is 1. The molecule has 2 aliphatic rings. The molecule has 2 fully saturated rings. The number of hydrogen-bond acceptors (Lipinski definition) is 4. The minimum atomic E-state index is -0.112. The highest BCUT2D eigenvalue weighted by molar-refractivity contribution is 5.91. The van der Waals surface area contributed by atoms with Gasteiger partial charge in [-0.2, -0.15) is 0 Å². The van der Waals surface area contributed by atoms with E-state index in [0.29, 0.717) is 24.9 Å². The van der Waals surface area contributed by atoms with Crippen LogP contribution in [-0.4, -0.2) is 41.0 Å². The number of carbonyl (C=O) groups is 2. The lowest BCUT2D eigenvalue weighted by Crippen LogP contribution is -2.38. The van der Waals surface area contributed by atoms with E-state index in [1.165, 1.54) is 6.20 Å². The first-order chi connectivity index (χ1) is 9.08. The Bertz CT molecular complexity index is 485. The standard InChI is InChI=1S/C13H17N3O3/c1-7(2)12(17)15-11-8-5-16(6-9(8)11)13(18)10-3-4-14-19-10/h3-4,7-9,11H,5-6H2,1-2H3,(H,15,17)/t8-,9+,11?. The Morgan fingerprint density at radius 2 is 2.11 bits per heavy atom. The molecule has 1 aliphatic heterocycles. The van der Waals surface area contributed by atoms with Gasteiger partial charge in [0.25, 0.3) is 5.91 Å². The van der Waals surface area contributed by atoms with Gasteiger partial charge in [0.05, 0.1) is 6.20 Å². The predicted octanol–water partition coefficient (Wildman–Crippen LogP) is 0.517. The minimum absolute atomic E-state index is 0.00764. The molecular formula is C13H17N3O3. The van der Waals surface area contributed by atoms with Crippen LogP contribution in [0, 0.1) is 17.8 Å². The van der Waals surface area contributed by atoms with Crippen LogP contribution >= 0.6 is 0 Å². The normalized spacial score (nSPS) is 28.4. The number of aromatic nitrogens is 1. The summed E-state index contributed by atoms with van der Waals surface area (Å²) in [6.45, 7) is 5.14. The van der Waals surface area contributed by atoms with Crippen molar-refractivity contribution in [3.05, 3.63) is 18.0 Å². The van der Waals surface area contributed by atoms with Crippen molar-refractivity contribution in [2.24, 2.45) is 17.8 Å². The highest BCUT2D eigenvalue weighted by Crippen LogP contribution is 2.45. The number of nitrogens with one attached hydrogen (secondary N) is 1. The molecular weight excluding hydrogens is 246 g/mol. The van der Waals surface area contributed by atoms with Crippen molar-refractivity contribution in [3.8, 4) is 0 Å². The van der Waals surface area contributed by atoms with Crippen molar-refractivity contribution in [1.82, 2.24) is 15.4 Å². The van der Waals surface area contributed by atoms with Crippen LogP contribution in [0.15, 0.2) is 16.8 Å². The van der Waals surface area contributed by atoms with Crippen LogP contribution in [0.5, 0.6) is 0 Å². The van der Waals surface area contributed by atoms with Gasteiger partial charge in [-0.1, -0.05) is 19.0 Å². The van der Waals surface area contributed by atoms with Crippen LogP contribution in [-0.2, 0) is 4.79 Å². The molecule has 3 atom stereocenters. The highest BCUT2D eigenvalue weighted by Gasteiger charge is 2.57. The van der Waals surface area contributed by atoms with E-state index in [0.717, 1.165) is 0 Å². The zero-order chi connectivity index (χ0) is 13.6. The van der Waals surface area contributed by atoms with Gasteiger partial charge < -0.3 is 14.7 Å². The molecule has 1 unspecified atom stereocenters. The minimum Gasteiger partial charge on any atom is -0.352 e. The van der Waals surface area contributed by atoms with Gasteiger partial charge >= 0.3 is 0 Å². The van der Waals surface area contributed by atoms with Crippen molar-refractivity contribution >= 4 is 11.8 Å². The number of likely N-dealkylation sites (tertiary alicyclic amines) is 1. The third-order valence-corrected chi connectivity index (χ3v) is 3.96. The molecule has 1 aliphatic carbocycles. The maximum absolute atomic E-state index is 12.0. The first-order valence-corrected chi connectivity index (χ1v) is 6.58. The summed E-state index contributed by atoms with van der Waals surface area (Å²) in [6, 6.07) is 1.82. The fourth-order valence-corrected chi connectivity index (χ4v) is 2.72. The first-order valence-electron chi connectivity index (χ1n) is 6.58. The fraction of sp³-hybridized carbons (Fsp3) is 0.615. The van der Waals surface area contributed by atoms with Crippen LogP contribution in [0.1, 0.15) is 24.4 Å². The Kier molecular flexibility index (Phi) is 2.80. The van der Waals surface area contributed by atoms with E-state index >= 15 is 0 Å². The lowest BCUT2D eigenvalue weighted by molar-refractivity contribution is -0.124. The summed E-state index contributed by atoms with van der Waals surface area (Å²) in [6.07, 6.45) is 1.47. The smallest absolute Gasteiger partial charge is 0.292 e. The number of amides is 2. The first kappa shape index (κ1) is 12.2. The molecule has 19 heavy (non-hydrogen) atoms. The van der Waals surface area contributed by atoms with Gasteiger partial charge in [-0.3, -0.25) is 9.59 Å². The van der Waals surface area contributed by atoms with E-state index in [9.17, 15) is 9.59 Å². The van der Waals surface area contributed by atoms with E-state index in [-0.39, 0.29) is 29.5 Å². The third kappa shape index (κ3) is 2.11. The molecule has 0 spiro atoms. The van der Waals surface area contributed by atoms with Crippen LogP contribution < -0.4 is 5.32 Å². The summed E-state index contributed by atoms with van der Waals surface area (Å²) in [4.78, 5) is 25.4. The number of hydrogen-bond donors (Lipinski definition) is 1. The zero-order valence-corrected chi connectivity index (χ0v) is 11.0. The highest BCUT2D eigenvalue weighted by atomic mass is 16.5. The molecule has 1 N–H and O–H groups in total. The van der Waals surface area contributed by atoms with Gasteiger partial charge in [0.2, 0.25) is 11.7 Å². The van der Waals surface area contributed by atoms with Crippen LogP contribution in [0.2, 0.25) is 0 Å². The van der Waals surface area contributed by atoms with Crippen LogP contribution in [0.3, 0.4) is 0 Å². The summed E-state index contributed by atoms with van der Waals surface area (Å²) in [7, 11) is 0. The molecule has 2 amide bonds. The molecule has 1 aromatic rings. The summed E-state index contributed by atoms with van der Waals surface area (Å²) < 4.78 is 4.87. The molecule has 0 aromatic carbocycles. The second-order valence-electron chi connectivity index (χ2n) is 5.60. The third-order valence-electron chi connectivity index (χ3n) is 3.96. The van der Waals surface area contributed by atoms with E-state index < -0.39 is 0 Å². The Morgan fingerprint density at radius 3 is 2.63 bits per heavy atom. The quantitative estimate of drug-likeness (QED) is 0.862. The number of rotatable bonds is 3. The van der Waals surface area contributed by atoms with Gasteiger partial charge in [0.1, 0.15) is 0 Å². The van der Waals surface area contributed by atoms with E-state index in [1.54, 1.807) is 11.0 Å². The van der Waals surface area contributed by atoms with E-state index in [2.05, 4.69) is 10.5 Å². The Labute approximate surface area is 111 Å². The summed E-state index contributed by atoms with van der Waals surface area (Å²) in [5, 5.41) is 6.58. The van der Waals surface area contributed by atoms with Gasteiger partial charge in [-0.15, -0.1) is 0 Å². The van der Waals surface area contributed by atoms with Crippen LogP contribution in [0.4, 0.5) is 0 Å². The molecule has 1 saturated carbocycles. The summed E-state index contributed by atoms with van der Waals surface area (Å²) >= 11 is 0. The summed E-state index contributed by atoms with van der Waals surface area (Å²) in [5.74, 6) is 1.06. The molecule has 0 bridgehead atoms. The number of carbonyl (C=O) groups excluding carboxylic acids is 2. The monoisotopic (exact) mass is 263 g/mol. The molecule has 1 aromatic heterocycles. The van der Waals surface area contributed by atoms with Crippen molar-refractivity contribution in [2.45, 2.75) is 19.9 Å². The largest absolute Gasteiger partial charge is 0.352 e. The van der Waals surface area contributed by atoms with Crippen LogP contribution in [0.25, 0.3) is 0 Å². The molecule has 6 nitrogen and oxygen atoms in total. The van der Waals surface area contributed by atoms with Gasteiger partial charge in [-0.25, -0.2) is 0 Å². The average Bonchev–Trinajstić information content (AvgIpc) is 2.87. The average molecular weight is 263 g/mol. The molecule has 1 saturated heterocycles.